The molecule has 39 heavy (non-hydrogen) atoms. The lowest BCUT2D eigenvalue weighted by atomic mass is 9.94. The molecule has 7 nitrogen and oxygen atoms in total. The third kappa shape index (κ3) is 8.27. The number of benzene rings is 2. The van der Waals surface area contributed by atoms with Crippen LogP contribution in [0.2, 0.25) is 0 Å². The zero-order valence-corrected chi connectivity index (χ0v) is 22.6. The minimum Gasteiger partial charge on any atom is -0.463 e. The Kier molecular flexibility index (Phi) is 10.7. The fraction of sp³-hybridized carbons (Fsp3) is 0.469. The summed E-state index contributed by atoms with van der Waals surface area (Å²) in [6.45, 7) is 1.26. The van der Waals surface area contributed by atoms with Gasteiger partial charge in [0.25, 0.3) is 0 Å². The summed E-state index contributed by atoms with van der Waals surface area (Å²) in [6, 6.07) is 19.5. The predicted octanol–water partition coefficient (Wildman–Crippen LogP) is 4.15. The van der Waals surface area contributed by atoms with Gasteiger partial charge in [0.15, 0.2) is 0 Å². The van der Waals surface area contributed by atoms with Crippen molar-refractivity contribution in [1.82, 2.24) is 9.80 Å². The average molecular weight is 533 g/mol. The molecule has 1 saturated heterocycles. The first-order chi connectivity index (χ1) is 19.0. The molecule has 0 unspecified atom stereocenters. The van der Waals surface area contributed by atoms with Gasteiger partial charge in [-0.3, -0.25) is 14.4 Å². The molecule has 2 aromatic rings. The second kappa shape index (κ2) is 14.6. The second-order valence-electron chi connectivity index (χ2n) is 10.6. The Morgan fingerprint density at radius 3 is 2.38 bits per heavy atom. The van der Waals surface area contributed by atoms with Crippen molar-refractivity contribution in [2.75, 3.05) is 26.3 Å². The summed E-state index contributed by atoms with van der Waals surface area (Å²) in [5.74, 6) is -1.16. The van der Waals surface area contributed by atoms with E-state index in [9.17, 15) is 19.5 Å². The van der Waals surface area contributed by atoms with Gasteiger partial charge in [-0.2, -0.15) is 0 Å². The number of aliphatic hydroxyl groups excluding tert-OH is 1. The Bertz CT molecular complexity index is 1100. The third-order valence-electron chi connectivity index (χ3n) is 7.71. The number of hydrogen-bond donors (Lipinski definition) is 1. The Morgan fingerprint density at radius 2 is 1.67 bits per heavy atom. The first kappa shape index (κ1) is 28.6. The quantitative estimate of drug-likeness (QED) is 0.408. The van der Waals surface area contributed by atoms with Gasteiger partial charge >= 0.3 is 5.97 Å². The van der Waals surface area contributed by atoms with Crippen molar-refractivity contribution in [1.29, 1.82) is 0 Å². The van der Waals surface area contributed by atoms with E-state index in [0.717, 1.165) is 24.0 Å². The summed E-state index contributed by atoms with van der Waals surface area (Å²) in [5, 5.41) is 9.59. The molecule has 2 amide bonds. The summed E-state index contributed by atoms with van der Waals surface area (Å²) in [7, 11) is 0. The van der Waals surface area contributed by atoms with Crippen molar-refractivity contribution in [3.05, 3.63) is 83.9 Å². The molecule has 2 aliphatic heterocycles. The topological polar surface area (TPSA) is 87.2 Å². The lowest BCUT2D eigenvalue weighted by Crippen LogP contribution is -2.44. The van der Waals surface area contributed by atoms with Crippen molar-refractivity contribution >= 4 is 17.8 Å². The van der Waals surface area contributed by atoms with Gasteiger partial charge in [-0.15, -0.1) is 0 Å². The Hall–Kier alpha value is -3.45. The fourth-order valence-corrected chi connectivity index (χ4v) is 5.54. The van der Waals surface area contributed by atoms with Gasteiger partial charge in [0.05, 0.1) is 24.5 Å². The fourth-order valence-electron chi connectivity index (χ4n) is 5.54. The van der Waals surface area contributed by atoms with Crippen LogP contribution >= 0.6 is 0 Å². The molecule has 0 bridgehead atoms. The van der Waals surface area contributed by atoms with E-state index in [2.05, 4.69) is 0 Å². The van der Waals surface area contributed by atoms with Crippen LogP contribution in [0.25, 0.3) is 0 Å². The van der Waals surface area contributed by atoms with Crippen LogP contribution in [0.1, 0.15) is 49.7 Å². The molecule has 2 aromatic carbocycles. The molecule has 2 aliphatic rings. The highest BCUT2D eigenvalue weighted by atomic mass is 16.5. The number of fused-ring (bicyclic) bond motifs is 1. The van der Waals surface area contributed by atoms with Crippen LogP contribution in [0, 0.1) is 11.8 Å². The minimum atomic E-state index is -0.497. The smallest absolute Gasteiger partial charge is 0.309 e. The lowest BCUT2D eigenvalue weighted by molar-refractivity contribution is -0.152. The van der Waals surface area contributed by atoms with Crippen LogP contribution in [-0.2, 0) is 32.1 Å². The van der Waals surface area contributed by atoms with Crippen LogP contribution in [0.4, 0.5) is 0 Å². The van der Waals surface area contributed by atoms with Crippen molar-refractivity contribution in [2.45, 2.75) is 57.5 Å². The van der Waals surface area contributed by atoms with Crippen molar-refractivity contribution in [2.24, 2.45) is 11.8 Å². The number of ether oxygens (including phenoxy) is 1. The molecule has 1 fully saturated rings. The highest BCUT2D eigenvalue weighted by Crippen LogP contribution is 2.26. The first-order valence-electron chi connectivity index (χ1n) is 14.1. The normalized spacial score (nSPS) is 22.3. The molecule has 0 spiro atoms. The molecular weight excluding hydrogens is 492 g/mol. The van der Waals surface area contributed by atoms with E-state index in [1.165, 1.54) is 0 Å². The minimum absolute atomic E-state index is 0.0599. The number of rotatable bonds is 8. The van der Waals surface area contributed by atoms with Crippen LogP contribution in [0.15, 0.2) is 72.8 Å². The molecule has 1 N–H and O–H groups in total. The number of cyclic esters (lactones) is 1. The highest BCUT2D eigenvalue weighted by Gasteiger charge is 2.35. The number of esters is 1. The van der Waals surface area contributed by atoms with Gasteiger partial charge in [0, 0.05) is 26.1 Å². The molecule has 0 saturated carbocycles. The molecule has 2 heterocycles. The van der Waals surface area contributed by atoms with Gasteiger partial charge < -0.3 is 19.6 Å². The van der Waals surface area contributed by atoms with Crippen molar-refractivity contribution in [3.8, 4) is 0 Å². The van der Waals surface area contributed by atoms with Gasteiger partial charge in [0.1, 0.15) is 6.61 Å². The number of amides is 2. The number of aliphatic hydroxyl groups is 1. The van der Waals surface area contributed by atoms with Gasteiger partial charge in [-0.1, -0.05) is 72.8 Å². The van der Waals surface area contributed by atoms with Crippen molar-refractivity contribution < 1.29 is 24.2 Å². The van der Waals surface area contributed by atoms with Gasteiger partial charge in [-0.05, 0) is 49.7 Å². The molecule has 0 radical (unpaired) electrons. The largest absolute Gasteiger partial charge is 0.463 e. The lowest BCUT2D eigenvalue weighted by Gasteiger charge is -2.30. The van der Waals surface area contributed by atoms with E-state index in [4.69, 9.17) is 4.74 Å². The SMILES string of the molecule is O=C1OC[C@@H]2CCCN2C(=O)[C@@H](CC(=O)N(CCO)Cc2ccccc2)CC=CCC[C@@H]1Cc1ccccc1. The van der Waals surface area contributed by atoms with E-state index >= 15 is 0 Å². The molecular formula is C32H40N2O5. The molecule has 0 aromatic heterocycles. The predicted molar refractivity (Wildman–Crippen MR) is 149 cm³/mol. The number of hydrogen-bond acceptors (Lipinski definition) is 5. The van der Waals surface area contributed by atoms with Crippen LogP contribution < -0.4 is 0 Å². The molecule has 0 aliphatic carbocycles. The summed E-state index contributed by atoms with van der Waals surface area (Å²) in [6.07, 6.45) is 8.16. The summed E-state index contributed by atoms with van der Waals surface area (Å²) < 4.78 is 5.80. The maximum absolute atomic E-state index is 13.7. The highest BCUT2D eigenvalue weighted by molar-refractivity contribution is 5.86. The Balaban J connectivity index is 1.47. The number of carbonyl (C=O) groups is 3. The maximum atomic E-state index is 13.7. The van der Waals surface area contributed by atoms with Gasteiger partial charge in [-0.25, -0.2) is 0 Å². The van der Waals surface area contributed by atoms with Crippen LogP contribution in [-0.4, -0.2) is 65.0 Å². The van der Waals surface area contributed by atoms with E-state index in [0.29, 0.717) is 38.8 Å². The summed E-state index contributed by atoms with van der Waals surface area (Å²) >= 11 is 0. The molecule has 7 heteroatoms. The Labute approximate surface area is 231 Å². The first-order valence-corrected chi connectivity index (χ1v) is 14.1. The van der Waals surface area contributed by atoms with Crippen molar-refractivity contribution in [3.63, 3.8) is 0 Å². The van der Waals surface area contributed by atoms with E-state index < -0.39 is 5.92 Å². The molecule has 208 valence electrons. The number of nitrogens with zero attached hydrogens (tertiary/aromatic N) is 2. The third-order valence-corrected chi connectivity index (χ3v) is 7.71. The zero-order valence-electron chi connectivity index (χ0n) is 22.6. The maximum Gasteiger partial charge on any atom is 0.309 e. The number of allylic oxidation sites excluding steroid dienone is 2. The Morgan fingerprint density at radius 1 is 0.949 bits per heavy atom. The monoisotopic (exact) mass is 532 g/mol. The van der Waals surface area contributed by atoms with E-state index in [1.807, 2.05) is 77.7 Å². The summed E-state index contributed by atoms with van der Waals surface area (Å²) in [5.41, 5.74) is 2.08. The summed E-state index contributed by atoms with van der Waals surface area (Å²) in [4.78, 5) is 43.6. The van der Waals surface area contributed by atoms with E-state index in [-0.39, 0.29) is 55.9 Å². The van der Waals surface area contributed by atoms with Crippen LogP contribution in [0.3, 0.4) is 0 Å². The second-order valence-corrected chi connectivity index (χ2v) is 10.6. The molecule has 3 atom stereocenters. The van der Waals surface area contributed by atoms with E-state index in [1.54, 1.807) is 4.90 Å². The zero-order chi connectivity index (χ0) is 27.5. The molecule has 4 rings (SSSR count). The average Bonchev–Trinajstić information content (AvgIpc) is 3.43. The standard InChI is InChI=1S/C32H40N2O5/c35-20-19-33(23-26-13-6-2-7-14-26)30(36)22-27-15-8-3-9-16-28(21-25-11-4-1-5-12-25)32(38)39-24-29-17-10-18-34(29)31(27)37/h1-8,11-14,27-29,35H,9-10,15-24H2/t27-,28-,29+/m1/s1. The van der Waals surface area contributed by atoms with Crippen LogP contribution in [0.5, 0.6) is 0 Å². The van der Waals surface area contributed by atoms with Gasteiger partial charge in [0.2, 0.25) is 11.8 Å². The number of carbonyl (C=O) groups excluding carboxylic acids is 3.